The van der Waals surface area contributed by atoms with Crippen LogP contribution in [0.1, 0.15) is 18.3 Å². The molecule has 3 heteroatoms. The molecule has 1 N–H and O–H groups in total. The quantitative estimate of drug-likeness (QED) is 0.762. The first-order valence-corrected chi connectivity index (χ1v) is 5.70. The van der Waals surface area contributed by atoms with Gasteiger partial charge in [0.05, 0.1) is 11.9 Å². The predicted molar refractivity (Wildman–Crippen MR) is 66.1 cm³/mol. The van der Waals surface area contributed by atoms with E-state index >= 15 is 0 Å². The largest absolute Gasteiger partial charge is 0.341 e. The fraction of sp³-hybridized carbons (Fsp3) is 0.250. The van der Waals surface area contributed by atoms with Crippen molar-refractivity contribution >= 4 is 12.6 Å². The highest BCUT2D eigenvalue weighted by Crippen LogP contribution is 2.18. The Bertz CT molecular complexity index is 431. The van der Waals surface area contributed by atoms with Crippen LogP contribution < -0.4 is 0 Å². The first kappa shape index (κ1) is 10.3. The van der Waals surface area contributed by atoms with Crippen LogP contribution in [0.2, 0.25) is 0 Å². The minimum Gasteiger partial charge on any atom is -0.341 e. The molecule has 1 aromatic carbocycles. The van der Waals surface area contributed by atoms with Crippen molar-refractivity contribution in [3.8, 4) is 11.3 Å². The van der Waals surface area contributed by atoms with Gasteiger partial charge in [-0.3, -0.25) is 0 Å². The zero-order valence-electron chi connectivity index (χ0n) is 8.70. The summed E-state index contributed by atoms with van der Waals surface area (Å²) in [7, 11) is 0. The minimum absolute atomic E-state index is 0.646. The van der Waals surface area contributed by atoms with Crippen molar-refractivity contribution in [1.29, 1.82) is 0 Å². The van der Waals surface area contributed by atoms with Gasteiger partial charge in [0, 0.05) is 5.75 Å². The van der Waals surface area contributed by atoms with E-state index in [-0.39, 0.29) is 0 Å². The molecule has 0 spiro atoms. The number of hydrogen-bond donors (Lipinski definition) is 2. The second-order valence-corrected chi connectivity index (χ2v) is 3.77. The van der Waals surface area contributed by atoms with Gasteiger partial charge in [-0.05, 0) is 17.5 Å². The number of benzene rings is 1. The van der Waals surface area contributed by atoms with Crippen molar-refractivity contribution in [2.24, 2.45) is 0 Å². The second-order valence-electron chi connectivity index (χ2n) is 3.45. The van der Waals surface area contributed by atoms with Crippen LogP contribution in [0.3, 0.4) is 0 Å². The van der Waals surface area contributed by atoms with Crippen molar-refractivity contribution in [3.05, 3.63) is 41.9 Å². The number of rotatable bonds is 3. The average Bonchev–Trinajstić information content (AvgIpc) is 2.78. The Morgan fingerprint density at radius 3 is 2.53 bits per heavy atom. The molecular formula is C12H14N2S. The summed E-state index contributed by atoms with van der Waals surface area (Å²) in [6.07, 6.45) is 2.93. The summed E-state index contributed by atoms with van der Waals surface area (Å²) in [5.41, 5.74) is 3.59. The van der Waals surface area contributed by atoms with Gasteiger partial charge in [-0.1, -0.05) is 31.2 Å². The van der Waals surface area contributed by atoms with Crippen LogP contribution in [-0.4, -0.2) is 9.97 Å². The van der Waals surface area contributed by atoms with E-state index in [1.54, 1.807) is 0 Å². The smallest absolute Gasteiger partial charge is 0.116 e. The number of nitrogens with zero attached hydrogens (tertiary/aromatic N) is 1. The number of aromatic amines is 1. The zero-order valence-corrected chi connectivity index (χ0v) is 9.59. The van der Waals surface area contributed by atoms with Gasteiger partial charge in [0.2, 0.25) is 0 Å². The third-order valence-corrected chi connectivity index (χ3v) is 2.75. The van der Waals surface area contributed by atoms with Crippen LogP contribution in [0, 0.1) is 0 Å². The molecule has 0 aliphatic heterocycles. The Balaban J connectivity index is 2.28. The number of aryl methyl sites for hydroxylation is 1. The Hall–Kier alpha value is -1.22. The molecule has 1 aromatic heterocycles. The number of hydrogen-bond acceptors (Lipinski definition) is 2. The maximum absolute atomic E-state index is 4.22. The van der Waals surface area contributed by atoms with Gasteiger partial charge >= 0.3 is 0 Å². The summed E-state index contributed by atoms with van der Waals surface area (Å²) in [5, 5.41) is 0. The van der Waals surface area contributed by atoms with E-state index in [4.69, 9.17) is 0 Å². The summed E-state index contributed by atoms with van der Waals surface area (Å²) in [6.45, 7) is 2.16. The minimum atomic E-state index is 0.646. The number of nitrogens with one attached hydrogen (secondary N) is 1. The van der Waals surface area contributed by atoms with E-state index in [0.717, 1.165) is 17.9 Å². The summed E-state index contributed by atoms with van der Waals surface area (Å²) in [6, 6.07) is 8.54. The van der Waals surface area contributed by atoms with Gasteiger partial charge in [-0.15, -0.1) is 0 Å². The second kappa shape index (κ2) is 4.53. The average molecular weight is 218 g/mol. The third kappa shape index (κ3) is 2.23. The Labute approximate surface area is 95.2 Å². The molecule has 0 atom stereocenters. The Morgan fingerprint density at radius 1 is 1.27 bits per heavy atom. The van der Waals surface area contributed by atoms with Crippen LogP contribution in [-0.2, 0) is 12.2 Å². The number of aromatic nitrogens is 2. The summed E-state index contributed by atoms with van der Waals surface area (Å²) < 4.78 is 0. The fourth-order valence-electron chi connectivity index (χ4n) is 1.51. The fourth-order valence-corrected chi connectivity index (χ4v) is 1.67. The van der Waals surface area contributed by atoms with E-state index in [1.165, 1.54) is 11.1 Å². The van der Waals surface area contributed by atoms with Crippen molar-refractivity contribution in [2.75, 3.05) is 0 Å². The van der Waals surface area contributed by atoms with Crippen LogP contribution in [0.5, 0.6) is 0 Å². The molecule has 15 heavy (non-hydrogen) atoms. The Kier molecular flexibility index (Phi) is 3.11. The standard InChI is InChI=1S/C12H14N2S/c1-2-9-3-5-10(6-4-9)11-7-13-12(8-15)14-11/h3-7,15H,2,8H2,1H3,(H,13,14). The lowest BCUT2D eigenvalue weighted by atomic mass is 10.1. The van der Waals surface area contributed by atoms with Crippen molar-refractivity contribution in [2.45, 2.75) is 19.1 Å². The Morgan fingerprint density at radius 2 is 2.00 bits per heavy atom. The molecule has 0 aliphatic carbocycles. The van der Waals surface area contributed by atoms with Gasteiger partial charge in [0.1, 0.15) is 5.82 Å². The number of H-pyrrole nitrogens is 1. The van der Waals surface area contributed by atoms with E-state index < -0.39 is 0 Å². The number of thiol groups is 1. The molecule has 0 saturated carbocycles. The first-order chi connectivity index (χ1) is 7.33. The molecular weight excluding hydrogens is 204 g/mol. The lowest BCUT2D eigenvalue weighted by molar-refractivity contribution is 1.13. The molecule has 0 bridgehead atoms. The van der Waals surface area contributed by atoms with Gasteiger partial charge in [-0.25, -0.2) is 4.98 Å². The molecule has 0 radical (unpaired) electrons. The topological polar surface area (TPSA) is 28.7 Å². The highest BCUT2D eigenvalue weighted by atomic mass is 32.1. The molecule has 0 fully saturated rings. The lowest BCUT2D eigenvalue weighted by Gasteiger charge is -1.99. The van der Waals surface area contributed by atoms with Crippen molar-refractivity contribution in [3.63, 3.8) is 0 Å². The molecule has 2 rings (SSSR count). The molecule has 0 saturated heterocycles. The molecule has 1 heterocycles. The van der Waals surface area contributed by atoms with E-state index in [9.17, 15) is 0 Å². The maximum atomic E-state index is 4.22. The van der Waals surface area contributed by atoms with Gasteiger partial charge in [0.15, 0.2) is 0 Å². The zero-order chi connectivity index (χ0) is 10.7. The predicted octanol–water partition coefficient (Wildman–Crippen LogP) is 3.07. The normalized spacial score (nSPS) is 10.5. The molecule has 0 amide bonds. The molecule has 0 unspecified atom stereocenters. The van der Waals surface area contributed by atoms with Crippen LogP contribution in [0.15, 0.2) is 30.5 Å². The third-order valence-electron chi connectivity index (χ3n) is 2.45. The monoisotopic (exact) mass is 218 g/mol. The molecule has 2 nitrogen and oxygen atoms in total. The van der Waals surface area contributed by atoms with Gasteiger partial charge < -0.3 is 4.98 Å². The SMILES string of the molecule is CCc1ccc(-c2cnc(CS)[nH]2)cc1. The van der Waals surface area contributed by atoms with E-state index in [0.29, 0.717) is 5.75 Å². The lowest BCUT2D eigenvalue weighted by Crippen LogP contribution is -1.82. The first-order valence-electron chi connectivity index (χ1n) is 5.07. The van der Waals surface area contributed by atoms with E-state index in [1.807, 2.05) is 6.20 Å². The summed E-state index contributed by atoms with van der Waals surface area (Å²) in [5.74, 6) is 1.56. The molecule has 0 aliphatic rings. The maximum Gasteiger partial charge on any atom is 0.116 e. The molecule has 78 valence electrons. The van der Waals surface area contributed by atoms with Crippen LogP contribution in [0.4, 0.5) is 0 Å². The summed E-state index contributed by atoms with van der Waals surface area (Å²) >= 11 is 4.17. The van der Waals surface area contributed by atoms with Crippen LogP contribution >= 0.6 is 12.6 Å². The van der Waals surface area contributed by atoms with E-state index in [2.05, 4.69) is 53.8 Å². The highest BCUT2D eigenvalue weighted by molar-refractivity contribution is 7.79. The van der Waals surface area contributed by atoms with Crippen molar-refractivity contribution < 1.29 is 0 Å². The highest BCUT2D eigenvalue weighted by Gasteiger charge is 2.01. The number of imidazole rings is 1. The van der Waals surface area contributed by atoms with Gasteiger partial charge in [-0.2, -0.15) is 12.6 Å². The van der Waals surface area contributed by atoms with Crippen LogP contribution in [0.25, 0.3) is 11.3 Å². The van der Waals surface area contributed by atoms with Crippen molar-refractivity contribution in [1.82, 2.24) is 9.97 Å². The van der Waals surface area contributed by atoms with Gasteiger partial charge in [0.25, 0.3) is 0 Å². The molecule has 2 aromatic rings. The summed E-state index contributed by atoms with van der Waals surface area (Å²) in [4.78, 5) is 7.45.